The number of carbonyl (C=O) groups excluding carboxylic acids is 2. The number of hydrogen-bond donors (Lipinski definition) is 1. The number of carboxylic acid groups (broad SMARTS) is 1. The summed E-state index contributed by atoms with van der Waals surface area (Å²) in [6.45, 7) is 3.73. The van der Waals surface area contributed by atoms with Crippen LogP contribution in [0, 0.1) is 5.41 Å². The number of esters is 1. The molecule has 2 atom stereocenters. The maximum Gasteiger partial charge on any atom is 0.324 e. The number of rotatable bonds is 11. The summed E-state index contributed by atoms with van der Waals surface area (Å²) >= 11 is 12.7. The first-order valence-electron chi connectivity index (χ1n) is 9.76. The van der Waals surface area contributed by atoms with E-state index >= 15 is 0 Å². The molecule has 0 heterocycles. The summed E-state index contributed by atoms with van der Waals surface area (Å²) in [6.07, 6.45) is -0.593. The largest absolute Gasteiger partial charge is 0.489 e. The average molecular weight is 467 g/mol. The third-order valence-corrected chi connectivity index (χ3v) is 5.63. The molecule has 0 fully saturated rings. The Balaban J connectivity index is 2.32. The number of aldehydes is 1. The minimum absolute atomic E-state index is 0.128. The molecule has 2 aromatic rings. The van der Waals surface area contributed by atoms with Gasteiger partial charge in [0.05, 0.1) is 6.10 Å². The monoisotopic (exact) mass is 466 g/mol. The number of hydrogen-bond acceptors (Lipinski definition) is 5. The Morgan fingerprint density at radius 1 is 1.16 bits per heavy atom. The zero-order valence-corrected chi connectivity index (χ0v) is 18.8. The second-order valence-corrected chi connectivity index (χ2v) is 8.01. The predicted octanol–water partition coefficient (Wildman–Crippen LogP) is 5.12. The molecule has 2 unspecified atom stereocenters. The fourth-order valence-electron chi connectivity index (χ4n) is 2.87. The van der Waals surface area contributed by atoms with Crippen LogP contribution in [-0.4, -0.2) is 29.4 Å². The topological polar surface area (TPSA) is 89.9 Å². The summed E-state index contributed by atoms with van der Waals surface area (Å²) < 4.78 is 11.0. The Morgan fingerprint density at radius 2 is 1.77 bits per heavy atom. The molecule has 6 nitrogen and oxygen atoms in total. The third kappa shape index (κ3) is 6.21. The summed E-state index contributed by atoms with van der Waals surface area (Å²) in [7, 11) is 0. The molecule has 0 radical (unpaired) electrons. The van der Waals surface area contributed by atoms with Gasteiger partial charge < -0.3 is 19.4 Å². The van der Waals surface area contributed by atoms with Gasteiger partial charge in [-0.15, -0.1) is 0 Å². The number of halogens is 2. The summed E-state index contributed by atoms with van der Waals surface area (Å²) in [5.41, 5.74) is -0.964. The highest BCUT2D eigenvalue weighted by molar-refractivity contribution is 6.36. The van der Waals surface area contributed by atoms with Gasteiger partial charge in [0.25, 0.3) is 0 Å². The van der Waals surface area contributed by atoms with Gasteiger partial charge in [-0.2, -0.15) is 0 Å². The number of ether oxygens (including phenoxy) is 2. The van der Waals surface area contributed by atoms with Crippen LogP contribution in [0.15, 0.2) is 42.5 Å². The van der Waals surface area contributed by atoms with E-state index in [4.69, 9.17) is 32.7 Å². The normalized spacial score (nSPS) is 13.7. The highest BCUT2D eigenvalue weighted by Crippen LogP contribution is 2.38. The van der Waals surface area contributed by atoms with Crippen LogP contribution in [0.4, 0.5) is 0 Å². The maximum atomic E-state index is 12.7. The van der Waals surface area contributed by atoms with E-state index in [-0.39, 0.29) is 22.2 Å². The highest BCUT2D eigenvalue weighted by Gasteiger charge is 2.49. The Morgan fingerprint density at radius 3 is 2.29 bits per heavy atom. The Labute approximate surface area is 191 Å². The van der Waals surface area contributed by atoms with Gasteiger partial charge in [-0.1, -0.05) is 60.5 Å². The molecular formula is C23H24Cl2O6. The van der Waals surface area contributed by atoms with Crippen LogP contribution in [0.2, 0.25) is 10.0 Å². The molecule has 0 aliphatic rings. The first-order chi connectivity index (χ1) is 14.7. The lowest BCUT2D eigenvalue weighted by Crippen LogP contribution is -2.44. The quantitative estimate of drug-likeness (QED) is 0.281. The predicted molar refractivity (Wildman–Crippen MR) is 118 cm³/mol. The van der Waals surface area contributed by atoms with E-state index in [1.807, 2.05) is 30.3 Å². The molecule has 0 amide bonds. The Hall–Kier alpha value is -2.57. The van der Waals surface area contributed by atoms with Crippen LogP contribution >= 0.6 is 23.2 Å². The summed E-state index contributed by atoms with van der Waals surface area (Å²) in [5.74, 6) is -2.09. The van der Waals surface area contributed by atoms with Crippen molar-refractivity contribution in [1.82, 2.24) is 0 Å². The lowest BCUT2D eigenvalue weighted by atomic mass is 9.79. The van der Waals surface area contributed by atoms with Gasteiger partial charge in [0.1, 0.15) is 18.6 Å². The molecule has 0 bridgehead atoms. The summed E-state index contributed by atoms with van der Waals surface area (Å²) in [6, 6.07) is 12.5. The first-order valence-corrected chi connectivity index (χ1v) is 10.5. The fourth-order valence-corrected chi connectivity index (χ4v) is 3.47. The van der Waals surface area contributed by atoms with Gasteiger partial charge in [0, 0.05) is 22.9 Å². The van der Waals surface area contributed by atoms with Crippen molar-refractivity contribution in [2.45, 2.75) is 45.8 Å². The van der Waals surface area contributed by atoms with Gasteiger partial charge in [0.2, 0.25) is 0 Å². The third-order valence-electron chi connectivity index (χ3n) is 4.96. The molecule has 0 aromatic heterocycles. The van der Waals surface area contributed by atoms with Crippen molar-refractivity contribution in [1.29, 1.82) is 0 Å². The molecular weight excluding hydrogens is 443 g/mol. The molecule has 2 rings (SSSR count). The number of carbonyl (C=O) groups is 3. The molecule has 8 heteroatoms. The highest BCUT2D eigenvalue weighted by atomic mass is 35.5. The minimum Gasteiger partial charge on any atom is -0.489 e. The van der Waals surface area contributed by atoms with Crippen molar-refractivity contribution in [2.24, 2.45) is 5.41 Å². The first kappa shape index (κ1) is 24.7. The van der Waals surface area contributed by atoms with E-state index in [0.29, 0.717) is 18.5 Å². The van der Waals surface area contributed by atoms with Gasteiger partial charge in [0.15, 0.2) is 5.41 Å². The summed E-state index contributed by atoms with van der Waals surface area (Å²) in [5, 5.41) is 10.1. The van der Waals surface area contributed by atoms with Crippen LogP contribution in [-0.2, 0) is 32.1 Å². The van der Waals surface area contributed by atoms with Gasteiger partial charge in [-0.25, -0.2) is 0 Å². The van der Waals surface area contributed by atoms with Gasteiger partial charge in [-0.3, -0.25) is 9.59 Å². The molecule has 1 N–H and O–H groups in total. The van der Waals surface area contributed by atoms with Crippen LogP contribution < -0.4 is 4.74 Å². The minimum atomic E-state index is -2.13. The second kappa shape index (κ2) is 11.2. The van der Waals surface area contributed by atoms with Crippen LogP contribution in [0.3, 0.4) is 0 Å². The molecule has 2 aromatic carbocycles. The Kier molecular flexibility index (Phi) is 8.89. The van der Waals surface area contributed by atoms with Crippen molar-refractivity contribution in [3.05, 3.63) is 63.6 Å². The number of benzene rings is 2. The molecule has 0 spiro atoms. The smallest absolute Gasteiger partial charge is 0.324 e. The van der Waals surface area contributed by atoms with Crippen molar-refractivity contribution in [2.75, 3.05) is 0 Å². The van der Waals surface area contributed by atoms with Gasteiger partial charge in [-0.05, 0) is 36.6 Å². The van der Waals surface area contributed by atoms with Gasteiger partial charge >= 0.3 is 11.9 Å². The van der Waals surface area contributed by atoms with Crippen molar-refractivity contribution >= 4 is 41.4 Å². The van der Waals surface area contributed by atoms with Crippen LogP contribution in [0.1, 0.15) is 37.8 Å². The van der Waals surface area contributed by atoms with Crippen LogP contribution in [0.5, 0.6) is 5.75 Å². The van der Waals surface area contributed by atoms with E-state index in [0.717, 1.165) is 5.56 Å². The average Bonchev–Trinajstić information content (AvgIpc) is 2.74. The molecule has 0 aliphatic heterocycles. The lowest BCUT2D eigenvalue weighted by Gasteiger charge is -2.28. The maximum absolute atomic E-state index is 12.7. The summed E-state index contributed by atoms with van der Waals surface area (Å²) in [4.78, 5) is 36.1. The Bertz CT molecular complexity index is 908. The van der Waals surface area contributed by atoms with E-state index in [2.05, 4.69) is 0 Å². The molecule has 31 heavy (non-hydrogen) atoms. The molecule has 0 saturated carbocycles. The lowest BCUT2D eigenvalue weighted by molar-refractivity contribution is -0.173. The SMILES string of the molecule is CCC(C)OC(=O)C(CC=O)(Cc1c(Cl)cc(OCc2ccccc2)cc1Cl)C(=O)O. The zero-order chi connectivity index (χ0) is 23.0. The molecule has 166 valence electrons. The zero-order valence-electron chi connectivity index (χ0n) is 17.3. The number of aliphatic carboxylic acids is 1. The second-order valence-electron chi connectivity index (χ2n) is 7.20. The van der Waals surface area contributed by atoms with Crippen molar-refractivity contribution in [3.63, 3.8) is 0 Å². The molecule has 0 saturated heterocycles. The van der Waals surface area contributed by atoms with E-state index in [1.54, 1.807) is 13.8 Å². The van der Waals surface area contributed by atoms with Crippen molar-refractivity contribution in [3.8, 4) is 5.75 Å². The van der Waals surface area contributed by atoms with E-state index < -0.39 is 36.3 Å². The van der Waals surface area contributed by atoms with E-state index in [1.165, 1.54) is 12.1 Å². The standard InChI is InChI=1S/C23H24Cl2O6/c1-3-15(2)31-22(29)23(9-10-26,21(27)28)13-18-19(24)11-17(12-20(18)25)30-14-16-7-5-4-6-8-16/h4-8,10-12,15H,3,9,13-14H2,1-2H3,(H,27,28). The fraction of sp³-hybridized carbons (Fsp3) is 0.348. The van der Waals surface area contributed by atoms with Crippen molar-refractivity contribution < 1.29 is 29.0 Å². The van der Waals surface area contributed by atoms with E-state index in [9.17, 15) is 19.5 Å². The van der Waals surface area contributed by atoms with Crippen LogP contribution in [0.25, 0.3) is 0 Å². The molecule has 0 aliphatic carbocycles. The number of carboxylic acids is 1.